The van der Waals surface area contributed by atoms with Crippen LogP contribution in [0.1, 0.15) is 24.8 Å². The Labute approximate surface area is 157 Å². The zero-order chi connectivity index (χ0) is 17.8. The minimum Gasteiger partial charge on any atom is -0.377 e. The van der Waals surface area contributed by atoms with Crippen LogP contribution >= 0.6 is 11.8 Å². The van der Waals surface area contributed by atoms with Crippen LogP contribution in [-0.4, -0.2) is 38.2 Å². The third-order valence-electron chi connectivity index (χ3n) is 4.49. The summed E-state index contributed by atoms with van der Waals surface area (Å²) in [4.78, 5) is 4.46. The molecule has 0 saturated carbocycles. The molecule has 1 saturated heterocycles. The fourth-order valence-corrected chi connectivity index (χ4v) is 4.07. The Morgan fingerprint density at radius 1 is 1.12 bits per heavy atom. The van der Waals surface area contributed by atoms with E-state index in [4.69, 9.17) is 4.74 Å². The van der Waals surface area contributed by atoms with Crippen LogP contribution < -0.4 is 0 Å². The zero-order valence-electron chi connectivity index (χ0n) is 14.8. The Bertz CT molecular complexity index is 842. The molecule has 3 heterocycles. The second kappa shape index (κ2) is 8.01. The van der Waals surface area contributed by atoms with Gasteiger partial charge in [-0.05, 0) is 50.5 Å². The monoisotopic (exact) mass is 366 g/mol. The predicted molar refractivity (Wildman–Crippen MR) is 104 cm³/mol. The van der Waals surface area contributed by atoms with Crippen molar-refractivity contribution in [2.45, 2.75) is 37.4 Å². The van der Waals surface area contributed by atoms with Gasteiger partial charge in [-0.25, -0.2) is 0 Å². The number of ether oxygens (including phenoxy) is 1. The van der Waals surface area contributed by atoms with Gasteiger partial charge in [0.2, 0.25) is 0 Å². The molecule has 3 aromatic rings. The molecule has 1 fully saturated rings. The van der Waals surface area contributed by atoms with Crippen molar-refractivity contribution in [3.05, 3.63) is 54.2 Å². The van der Waals surface area contributed by atoms with Crippen LogP contribution in [0.3, 0.4) is 0 Å². The van der Waals surface area contributed by atoms with Crippen molar-refractivity contribution in [1.82, 2.24) is 19.7 Å². The van der Waals surface area contributed by atoms with E-state index in [0.29, 0.717) is 6.10 Å². The van der Waals surface area contributed by atoms with E-state index < -0.39 is 0 Å². The summed E-state index contributed by atoms with van der Waals surface area (Å²) < 4.78 is 7.95. The van der Waals surface area contributed by atoms with Crippen LogP contribution in [0, 0.1) is 6.92 Å². The number of nitrogens with zero attached hydrogens (tertiary/aromatic N) is 4. The van der Waals surface area contributed by atoms with Crippen molar-refractivity contribution >= 4 is 11.8 Å². The number of pyridine rings is 1. The maximum Gasteiger partial charge on any atom is 0.196 e. The maximum atomic E-state index is 5.86. The van der Waals surface area contributed by atoms with E-state index in [1.165, 1.54) is 18.4 Å². The van der Waals surface area contributed by atoms with Gasteiger partial charge in [0.15, 0.2) is 11.0 Å². The smallest absolute Gasteiger partial charge is 0.196 e. The Kier molecular flexibility index (Phi) is 5.32. The highest BCUT2D eigenvalue weighted by molar-refractivity contribution is 7.99. The molecule has 0 spiro atoms. The topological polar surface area (TPSA) is 52.8 Å². The summed E-state index contributed by atoms with van der Waals surface area (Å²) in [5.74, 6) is 1.66. The van der Waals surface area contributed by atoms with Crippen molar-refractivity contribution in [3.63, 3.8) is 0 Å². The fourth-order valence-electron chi connectivity index (χ4n) is 3.06. The summed E-state index contributed by atoms with van der Waals surface area (Å²) in [6.45, 7) is 2.96. The first-order valence-electron chi connectivity index (χ1n) is 8.99. The molecule has 1 atom stereocenters. The van der Waals surface area contributed by atoms with Crippen molar-refractivity contribution < 1.29 is 4.74 Å². The lowest BCUT2D eigenvalue weighted by molar-refractivity contribution is 0.0315. The average Bonchev–Trinajstić information content (AvgIpc) is 3.12. The van der Waals surface area contributed by atoms with Crippen LogP contribution in [0.25, 0.3) is 17.2 Å². The summed E-state index contributed by atoms with van der Waals surface area (Å²) in [5.41, 5.74) is 3.10. The third-order valence-corrected chi connectivity index (χ3v) is 5.55. The fraction of sp³-hybridized carbons (Fsp3) is 0.350. The van der Waals surface area contributed by atoms with Gasteiger partial charge in [-0.1, -0.05) is 35.5 Å². The molecule has 0 aliphatic carbocycles. The second-order valence-corrected chi connectivity index (χ2v) is 7.48. The van der Waals surface area contributed by atoms with Crippen molar-refractivity contribution in [1.29, 1.82) is 0 Å². The average molecular weight is 366 g/mol. The minimum absolute atomic E-state index is 0.301. The Hall–Kier alpha value is -2.18. The SMILES string of the molecule is Cc1ccc(-n2c(SC[C@H]3CCCCO3)nnc2-c2ccccn2)cc1. The van der Waals surface area contributed by atoms with Gasteiger partial charge in [-0.3, -0.25) is 9.55 Å². The van der Waals surface area contributed by atoms with Crippen molar-refractivity contribution in [3.8, 4) is 17.2 Å². The maximum absolute atomic E-state index is 5.86. The first kappa shape index (κ1) is 17.2. The largest absolute Gasteiger partial charge is 0.377 e. The van der Waals surface area contributed by atoms with E-state index in [2.05, 4.69) is 50.9 Å². The highest BCUT2D eigenvalue weighted by Gasteiger charge is 2.20. The molecular weight excluding hydrogens is 344 g/mol. The molecule has 5 nitrogen and oxygen atoms in total. The molecule has 26 heavy (non-hydrogen) atoms. The van der Waals surface area contributed by atoms with Gasteiger partial charge in [-0.15, -0.1) is 10.2 Å². The number of thioether (sulfide) groups is 1. The first-order chi connectivity index (χ1) is 12.8. The van der Waals surface area contributed by atoms with E-state index in [1.807, 2.05) is 18.2 Å². The van der Waals surface area contributed by atoms with Gasteiger partial charge >= 0.3 is 0 Å². The second-order valence-electron chi connectivity index (χ2n) is 6.49. The lowest BCUT2D eigenvalue weighted by atomic mass is 10.1. The summed E-state index contributed by atoms with van der Waals surface area (Å²) in [7, 11) is 0. The summed E-state index contributed by atoms with van der Waals surface area (Å²) in [6.07, 6.45) is 5.63. The van der Waals surface area contributed by atoms with Gasteiger partial charge in [-0.2, -0.15) is 0 Å². The highest BCUT2D eigenvalue weighted by Crippen LogP contribution is 2.29. The van der Waals surface area contributed by atoms with Crippen LogP contribution in [-0.2, 0) is 4.74 Å². The standard InChI is InChI=1S/C20H22N4OS/c1-15-8-10-16(11-9-15)24-19(18-7-2-4-12-21-18)22-23-20(24)26-14-17-6-3-5-13-25-17/h2,4,7-12,17H,3,5-6,13-14H2,1H3/t17-/m1/s1. The van der Waals surface area contributed by atoms with E-state index in [1.54, 1.807) is 18.0 Å². The van der Waals surface area contributed by atoms with Gasteiger partial charge in [0.25, 0.3) is 0 Å². The number of aryl methyl sites for hydroxylation is 1. The number of aromatic nitrogens is 4. The molecule has 0 N–H and O–H groups in total. The first-order valence-corrected chi connectivity index (χ1v) is 9.98. The molecule has 4 rings (SSSR count). The highest BCUT2D eigenvalue weighted by atomic mass is 32.2. The molecule has 0 amide bonds. The van der Waals surface area contributed by atoms with Crippen LogP contribution in [0.15, 0.2) is 53.8 Å². The summed E-state index contributed by atoms with van der Waals surface area (Å²) in [5, 5.41) is 9.77. The summed E-state index contributed by atoms with van der Waals surface area (Å²) in [6, 6.07) is 14.3. The number of benzene rings is 1. The zero-order valence-corrected chi connectivity index (χ0v) is 15.7. The Balaban J connectivity index is 1.67. The molecule has 0 radical (unpaired) electrons. The molecule has 2 aromatic heterocycles. The molecule has 134 valence electrons. The van der Waals surface area contributed by atoms with E-state index in [0.717, 1.165) is 41.1 Å². The van der Waals surface area contributed by atoms with E-state index in [9.17, 15) is 0 Å². The van der Waals surface area contributed by atoms with Crippen LogP contribution in [0.5, 0.6) is 0 Å². The minimum atomic E-state index is 0.301. The number of hydrogen-bond donors (Lipinski definition) is 0. The third kappa shape index (κ3) is 3.81. The molecule has 0 unspecified atom stereocenters. The lowest BCUT2D eigenvalue weighted by Crippen LogP contribution is -2.21. The predicted octanol–water partition coefficient (Wildman–Crippen LogP) is 4.30. The van der Waals surface area contributed by atoms with E-state index >= 15 is 0 Å². The summed E-state index contributed by atoms with van der Waals surface area (Å²) >= 11 is 1.70. The molecular formula is C20H22N4OS. The Morgan fingerprint density at radius 3 is 2.73 bits per heavy atom. The normalized spacial score (nSPS) is 17.3. The van der Waals surface area contributed by atoms with Crippen molar-refractivity contribution in [2.75, 3.05) is 12.4 Å². The van der Waals surface area contributed by atoms with Gasteiger partial charge in [0, 0.05) is 24.2 Å². The molecule has 1 aliphatic heterocycles. The number of hydrogen-bond acceptors (Lipinski definition) is 5. The van der Waals surface area contributed by atoms with Crippen LogP contribution in [0.2, 0.25) is 0 Å². The molecule has 1 aliphatic rings. The van der Waals surface area contributed by atoms with Crippen molar-refractivity contribution in [2.24, 2.45) is 0 Å². The van der Waals surface area contributed by atoms with Crippen LogP contribution in [0.4, 0.5) is 0 Å². The van der Waals surface area contributed by atoms with Gasteiger partial charge < -0.3 is 4.74 Å². The quantitative estimate of drug-likeness (QED) is 0.630. The van der Waals surface area contributed by atoms with E-state index in [-0.39, 0.29) is 0 Å². The molecule has 1 aromatic carbocycles. The lowest BCUT2D eigenvalue weighted by Gasteiger charge is -2.22. The number of rotatable bonds is 5. The molecule has 6 heteroatoms. The van der Waals surface area contributed by atoms with Gasteiger partial charge in [0.1, 0.15) is 5.69 Å². The molecule has 0 bridgehead atoms. The van der Waals surface area contributed by atoms with Gasteiger partial charge in [0.05, 0.1) is 6.10 Å². The Morgan fingerprint density at radius 2 is 2.00 bits per heavy atom.